The zero-order chi connectivity index (χ0) is 11.0. The first kappa shape index (κ1) is 9.39. The highest BCUT2D eigenvalue weighted by Gasteiger charge is 2.09. The number of hydrogen-bond donors (Lipinski definition) is 2. The first-order chi connectivity index (χ1) is 7.13. The lowest BCUT2D eigenvalue weighted by Gasteiger charge is -2.02. The number of pyridine rings is 2. The summed E-state index contributed by atoms with van der Waals surface area (Å²) in [4.78, 5) is 28.3. The first-order valence-corrected chi connectivity index (χ1v) is 4.31. The SMILES string of the molecule is Cc1c(O)c2nc(C=O)ccc2[nH]c1=O. The molecule has 0 aliphatic carbocycles. The van der Waals surface area contributed by atoms with E-state index in [-0.39, 0.29) is 28.1 Å². The van der Waals surface area contributed by atoms with Gasteiger partial charge in [-0.05, 0) is 19.1 Å². The number of H-pyrrole nitrogens is 1. The smallest absolute Gasteiger partial charge is 0.255 e. The molecule has 0 aliphatic rings. The van der Waals surface area contributed by atoms with Crippen molar-refractivity contribution in [1.29, 1.82) is 0 Å². The van der Waals surface area contributed by atoms with Crippen LogP contribution in [0.4, 0.5) is 0 Å². The molecule has 0 bridgehead atoms. The Morgan fingerprint density at radius 2 is 2.20 bits per heavy atom. The van der Waals surface area contributed by atoms with E-state index in [1.807, 2.05) is 0 Å². The molecule has 76 valence electrons. The van der Waals surface area contributed by atoms with Gasteiger partial charge in [-0.3, -0.25) is 9.59 Å². The van der Waals surface area contributed by atoms with Crippen LogP contribution in [0.2, 0.25) is 0 Å². The van der Waals surface area contributed by atoms with E-state index in [1.54, 1.807) is 0 Å². The van der Waals surface area contributed by atoms with E-state index in [9.17, 15) is 14.7 Å². The Kier molecular flexibility index (Phi) is 2.00. The van der Waals surface area contributed by atoms with E-state index in [1.165, 1.54) is 19.1 Å². The minimum atomic E-state index is -0.361. The third-order valence-electron chi connectivity index (χ3n) is 2.21. The van der Waals surface area contributed by atoms with Gasteiger partial charge in [0, 0.05) is 0 Å². The number of fused-ring (bicyclic) bond motifs is 1. The van der Waals surface area contributed by atoms with E-state index in [0.717, 1.165) is 0 Å². The van der Waals surface area contributed by atoms with Gasteiger partial charge >= 0.3 is 0 Å². The molecule has 0 radical (unpaired) electrons. The molecule has 15 heavy (non-hydrogen) atoms. The number of aromatic amines is 1. The van der Waals surface area contributed by atoms with Crippen LogP contribution in [0.3, 0.4) is 0 Å². The minimum Gasteiger partial charge on any atom is -0.505 e. The van der Waals surface area contributed by atoms with Crippen LogP contribution in [0.25, 0.3) is 11.0 Å². The van der Waals surface area contributed by atoms with Crippen LogP contribution < -0.4 is 5.56 Å². The van der Waals surface area contributed by atoms with E-state index in [4.69, 9.17) is 0 Å². The summed E-state index contributed by atoms with van der Waals surface area (Å²) in [5.41, 5.74) is 0.688. The van der Waals surface area contributed by atoms with Crippen molar-refractivity contribution in [1.82, 2.24) is 9.97 Å². The largest absolute Gasteiger partial charge is 0.505 e. The standard InChI is InChI=1S/C10H8N2O3/c1-5-9(14)8-7(12-10(5)15)3-2-6(4-13)11-8/h2-4H,1H3,(H2,12,14,15). The predicted octanol–water partition coefficient (Wildman–Crippen LogP) is 0.750. The highest BCUT2D eigenvalue weighted by atomic mass is 16.3. The predicted molar refractivity (Wildman–Crippen MR) is 54.2 cm³/mol. The molecule has 5 nitrogen and oxygen atoms in total. The van der Waals surface area contributed by atoms with Crippen molar-refractivity contribution in [3.8, 4) is 5.75 Å². The normalized spacial score (nSPS) is 10.5. The number of nitrogens with one attached hydrogen (secondary N) is 1. The summed E-state index contributed by atoms with van der Waals surface area (Å²) in [5.74, 6) is -0.183. The van der Waals surface area contributed by atoms with Gasteiger partial charge in [0.05, 0.1) is 11.1 Å². The number of hydrogen-bond acceptors (Lipinski definition) is 4. The Bertz CT molecular complexity index is 601. The molecule has 2 N–H and O–H groups in total. The molecule has 0 unspecified atom stereocenters. The van der Waals surface area contributed by atoms with Gasteiger partial charge in [0.15, 0.2) is 12.0 Å². The summed E-state index contributed by atoms with van der Waals surface area (Å²) in [5, 5.41) is 9.66. The average Bonchev–Trinajstić information content (AvgIpc) is 2.26. The van der Waals surface area contributed by atoms with E-state index in [2.05, 4.69) is 9.97 Å². The minimum absolute atomic E-state index is 0.183. The van der Waals surface area contributed by atoms with Gasteiger partial charge in [-0.25, -0.2) is 4.98 Å². The summed E-state index contributed by atoms with van der Waals surface area (Å²) in [7, 11) is 0. The van der Waals surface area contributed by atoms with Crippen LogP contribution in [0.1, 0.15) is 16.1 Å². The molecular weight excluding hydrogens is 196 g/mol. The van der Waals surface area contributed by atoms with Gasteiger partial charge in [0.25, 0.3) is 5.56 Å². The number of carbonyl (C=O) groups excluding carboxylic acids is 1. The number of aromatic hydroxyl groups is 1. The van der Waals surface area contributed by atoms with Crippen molar-refractivity contribution >= 4 is 17.3 Å². The van der Waals surface area contributed by atoms with Crippen molar-refractivity contribution < 1.29 is 9.90 Å². The summed E-state index contributed by atoms with van der Waals surface area (Å²) < 4.78 is 0. The number of nitrogens with zero attached hydrogens (tertiary/aromatic N) is 1. The second kappa shape index (κ2) is 3.20. The molecule has 2 aromatic rings. The van der Waals surface area contributed by atoms with Gasteiger partial charge < -0.3 is 10.1 Å². The lowest BCUT2D eigenvalue weighted by molar-refractivity contribution is 0.111. The van der Waals surface area contributed by atoms with Crippen LogP contribution in [-0.2, 0) is 0 Å². The van der Waals surface area contributed by atoms with Crippen LogP contribution >= 0.6 is 0 Å². The third kappa shape index (κ3) is 1.38. The quantitative estimate of drug-likeness (QED) is 0.671. The van der Waals surface area contributed by atoms with Crippen molar-refractivity contribution in [2.24, 2.45) is 0 Å². The zero-order valence-electron chi connectivity index (χ0n) is 7.94. The van der Waals surface area contributed by atoms with Crippen LogP contribution in [0, 0.1) is 6.92 Å². The van der Waals surface area contributed by atoms with E-state index < -0.39 is 0 Å². The Balaban J connectivity index is 2.93. The van der Waals surface area contributed by atoms with Crippen LogP contribution in [0.15, 0.2) is 16.9 Å². The maximum absolute atomic E-state index is 11.3. The first-order valence-electron chi connectivity index (χ1n) is 4.31. The number of carbonyl (C=O) groups is 1. The second-order valence-electron chi connectivity index (χ2n) is 3.18. The fourth-order valence-electron chi connectivity index (χ4n) is 1.32. The molecule has 2 aromatic heterocycles. The molecule has 0 aliphatic heterocycles. The molecule has 0 saturated carbocycles. The van der Waals surface area contributed by atoms with Crippen molar-refractivity contribution in [3.05, 3.63) is 33.7 Å². The number of aromatic nitrogens is 2. The van der Waals surface area contributed by atoms with Gasteiger partial charge in [-0.15, -0.1) is 0 Å². The lowest BCUT2D eigenvalue weighted by Crippen LogP contribution is -2.10. The Labute approximate surface area is 84.4 Å². The number of aldehydes is 1. The van der Waals surface area contributed by atoms with Gasteiger partial charge in [0.1, 0.15) is 11.2 Å². The molecular formula is C10H8N2O3. The third-order valence-corrected chi connectivity index (χ3v) is 2.21. The monoisotopic (exact) mass is 204 g/mol. The maximum Gasteiger partial charge on any atom is 0.255 e. The highest BCUT2D eigenvalue weighted by molar-refractivity contribution is 5.85. The molecule has 5 heteroatoms. The van der Waals surface area contributed by atoms with Crippen molar-refractivity contribution in [2.75, 3.05) is 0 Å². The van der Waals surface area contributed by atoms with Crippen LogP contribution in [0.5, 0.6) is 5.75 Å². The molecule has 0 saturated heterocycles. The Morgan fingerprint density at radius 1 is 1.47 bits per heavy atom. The summed E-state index contributed by atoms with van der Waals surface area (Å²) in [6.45, 7) is 1.49. The molecule has 2 rings (SSSR count). The fraction of sp³-hybridized carbons (Fsp3) is 0.100. The molecule has 0 spiro atoms. The fourth-order valence-corrected chi connectivity index (χ4v) is 1.32. The van der Waals surface area contributed by atoms with Crippen molar-refractivity contribution in [2.45, 2.75) is 6.92 Å². The Morgan fingerprint density at radius 3 is 2.87 bits per heavy atom. The average molecular weight is 204 g/mol. The summed E-state index contributed by atoms with van der Waals surface area (Å²) >= 11 is 0. The van der Waals surface area contributed by atoms with E-state index in [0.29, 0.717) is 11.8 Å². The Hall–Kier alpha value is -2.17. The highest BCUT2D eigenvalue weighted by Crippen LogP contribution is 2.21. The summed E-state index contributed by atoms with van der Waals surface area (Å²) in [6.07, 6.45) is 0.583. The second-order valence-corrected chi connectivity index (χ2v) is 3.18. The molecule has 0 fully saturated rings. The lowest BCUT2D eigenvalue weighted by atomic mass is 10.2. The van der Waals surface area contributed by atoms with Gasteiger partial charge in [-0.2, -0.15) is 0 Å². The topological polar surface area (TPSA) is 83.1 Å². The molecule has 0 aromatic carbocycles. The maximum atomic E-state index is 11.3. The number of rotatable bonds is 1. The molecule has 0 amide bonds. The molecule has 0 atom stereocenters. The zero-order valence-corrected chi connectivity index (χ0v) is 7.94. The van der Waals surface area contributed by atoms with Gasteiger partial charge in [0.2, 0.25) is 0 Å². The summed E-state index contributed by atoms with van der Waals surface area (Å²) in [6, 6.07) is 3.01. The van der Waals surface area contributed by atoms with Crippen molar-refractivity contribution in [3.63, 3.8) is 0 Å². The van der Waals surface area contributed by atoms with Crippen LogP contribution in [-0.4, -0.2) is 21.4 Å². The molecule has 2 heterocycles. The van der Waals surface area contributed by atoms with Gasteiger partial charge in [-0.1, -0.05) is 0 Å². The van der Waals surface area contributed by atoms with E-state index >= 15 is 0 Å².